The number of carbonyl (C=O) groups excluding carboxylic acids is 2. The number of esters is 1. The molecule has 1 aliphatic rings. The Bertz CT molecular complexity index is 477. The number of amides is 1. The number of carbonyl (C=O) groups is 3. The maximum atomic E-state index is 12.0. The molecule has 138 valence electrons. The van der Waals surface area contributed by atoms with Crippen molar-refractivity contribution in [2.45, 2.75) is 57.7 Å². The van der Waals surface area contributed by atoms with Gasteiger partial charge in [0.2, 0.25) is 0 Å². The monoisotopic (exact) mass is 345 g/mol. The number of likely N-dealkylation sites (tertiary alicyclic amines) is 1. The summed E-state index contributed by atoms with van der Waals surface area (Å²) < 4.78 is 9.68. The molecule has 1 amide bonds. The number of hydrogen-bond acceptors (Lipinski definition) is 6. The molecular weight excluding hydrogens is 318 g/mol. The quantitative estimate of drug-likeness (QED) is 0.572. The minimum Gasteiger partial charge on any atom is -0.479 e. The Hall–Kier alpha value is -1.83. The molecule has 0 aromatic carbocycles. The summed E-state index contributed by atoms with van der Waals surface area (Å²) in [6.07, 6.45) is 1.11. The second-order valence-corrected chi connectivity index (χ2v) is 7.11. The highest BCUT2D eigenvalue weighted by Gasteiger charge is 2.45. The van der Waals surface area contributed by atoms with Crippen LogP contribution in [0.25, 0.3) is 0 Å². The van der Waals surface area contributed by atoms with E-state index in [1.54, 1.807) is 25.7 Å². The molecular formula is C16H27NO7. The Labute approximate surface area is 141 Å². The van der Waals surface area contributed by atoms with Gasteiger partial charge in [0.1, 0.15) is 5.60 Å². The predicted octanol–water partition coefficient (Wildman–Crippen LogP) is 1.40. The average Bonchev–Trinajstić information content (AvgIpc) is 2.50. The molecule has 8 heteroatoms. The third kappa shape index (κ3) is 5.36. The van der Waals surface area contributed by atoms with Gasteiger partial charge in [0.15, 0.2) is 0 Å². The highest BCUT2D eigenvalue weighted by molar-refractivity contribution is 6.02. The van der Waals surface area contributed by atoms with Gasteiger partial charge in [0.05, 0.1) is 7.11 Å². The summed E-state index contributed by atoms with van der Waals surface area (Å²) in [6.45, 7) is 6.41. The molecule has 1 unspecified atom stereocenters. The molecule has 1 aliphatic heterocycles. The number of carboxylic acid groups (broad SMARTS) is 1. The van der Waals surface area contributed by atoms with E-state index in [1.807, 2.05) is 0 Å². The fourth-order valence-electron chi connectivity index (χ4n) is 2.61. The summed E-state index contributed by atoms with van der Waals surface area (Å²) in [5, 5.41) is 19.1. The molecule has 2 N–H and O–H groups in total. The number of rotatable bonds is 5. The topological polar surface area (TPSA) is 113 Å². The maximum absolute atomic E-state index is 12.0. The van der Waals surface area contributed by atoms with E-state index in [-0.39, 0.29) is 18.4 Å². The number of methoxy groups -OCH3 is 1. The van der Waals surface area contributed by atoms with Crippen molar-refractivity contribution in [3.8, 4) is 0 Å². The second-order valence-electron chi connectivity index (χ2n) is 7.11. The molecule has 0 radical (unpaired) electrons. The van der Waals surface area contributed by atoms with Gasteiger partial charge in [0.25, 0.3) is 5.60 Å². The third-order valence-corrected chi connectivity index (χ3v) is 4.06. The molecule has 0 bridgehead atoms. The summed E-state index contributed by atoms with van der Waals surface area (Å²) in [5.74, 6) is -2.65. The summed E-state index contributed by atoms with van der Waals surface area (Å²) in [7, 11) is 1.04. The van der Waals surface area contributed by atoms with Crippen molar-refractivity contribution in [1.82, 2.24) is 4.90 Å². The lowest BCUT2D eigenvalue weighted by Crippen LogP contribution is -2.48. The van der Waals surface area contributed by atoms with Crippen molar-refractivity contribution in [1.29, 1.82) is 0 Å². The van der Waals surface area contributed by atoms with Gasteiger partial charge in [-0.3, -0.25) is 0 Å². The Morgan fingerprint density at radius 2 is 1.71 bits per heavy atom. The van der Waals surface area contributed by atoms with Crippen LogP contribution < -0.4 is 0 Å². The third-order valence-electron chi connectivity index (χ3n) is 4.06. The molecule has 24 heavy (non-hydrogen) atoms. The normalized spacial score (nSPS) is 18.6. The zero-order chi connectivity index (χ0) is 18.5. The largest absolute Gasteiger partial charge is 0.479 e. The van der Waals surface area contributed by atoms with Crippen LogP contribution in [0.1, 0.15) is 46.5 Å². The lowest BCUT2D eigenvalue weighted by Gasteiger charge is -2.34. The van der Waals surface area contributed by atoms with Crippen LogP contribution in [0.5, 0.6) is 0 Å². The van der Waals surface area contributed by atoms with Crippen molar-refractivity contribution >= 4 is 18.0 Å². The summed E-state index contributed by atoms with van der Waals surface area (Å²) >= 11 is 0. The summed E-state index contributed by atoms with van der Waals surface area (Å²) in [5.41, 5.74) is -3.07. The van der Waals surface area contributed by atoms with Gasteiger partial charge in [0, 0.05) is 13.1 Å². The second kappa shape index (κ2) is 7.83. The standard InChI is InChI=1S/C16H27NO7/c1-15(2,3)24-14(21)17-9-6-11(7-10-17)5-8-16(22,12(18)19)13(20)23-4/h11,22H,5-10H2,1-4H3,(H,18,19). The SMILES string of the molecule is COC(=O)C(O)(CCC1CCN(C(=O)OC(C)(C)C)CC1)C(=O)O. The van der Waals surface area contributed by atoms with Crippen LogP contribution in [0.3, 0.4) is 0 Å². The van der Waals surface area contributed by atoms with E-state index in [4.69, 9.17) is 9.84 Å². The Kier molecular flexibility index (Phi) is 6.59. The van der Waals surface area contributed by atoms with Crippen molar-refractivity contribution in [3.05, 3.63) is 0 Å². The number of nitrogens with zero attached hydrogens (tertiary/aromatic N) is 1. The van der Waals surface area contributed by atoms with E-state index < -0.39 is 23.1 Å². The zero-order valence-corrected chi connectivity index (χ0v) is 14.7. The first kappa shape index (κ1) is 20.2. The molecule has 1 atom stereocenters. The van der Waals surface area contributed by atoms with Crippen LogP contribution in [0, 0.1) is 5.92 Å². The molecule has 1 rings (SSSR count). The molecule has 1 fully saturated rings. The maximum Gasteiger partial charge on any atom is 0.410 e. The fraction of sp³-hybridized carbons (Fsp3) is 0.812. The molecule has 1 heterocycles. The van der Waals surface area contributed by atoms with E-state index in [9.17, 15) is 19.5 Å². The van der Waals surface area contributed by atoms with Crippen molar-refractivity contribution in [2.24, 2.45) is 5.92 Å². The van der Waals surface area contributed by atoms with Gasteiger partial charge in [-0.05, 0) is 52.4 Å². The molecule has 1 saturated heterocycles. The minimum atomic E-state index is -2.52. The lowest BCUT2D eigenvalue weighted by atomic mass is 9.87. The van der Waals surface area contributed by atoms with Gasteiger partial charge in [-0.25, -0.2) is 14.4 Å². The van der Waals surface area contributed by atoms with Gasteiger partial charge in [-0.2, -0.15) is 0 Å². The van der Waals surface area contributed by atoms with Gasteiger partial charge < -0.3 is 24.6 Å². The number of aliphatic carboxylic acids is 1. The van der Waals surface area contributed by atoms with Crippen LogP contribution in [0.4, 0.5) is 4.79 Å². The van der Waals surface area contributed by atoms with E-state index >= 15 is 0 Å². The Balaban J connectivity index is 2.50. The van der Waals surface area contributed by atoms with Crippen LogP contribution in [-0.2, 0) is 19.1 Å². The molecule has 8 nitrogen and oxygen atoms in total. The van der Waals surface area contributed by atoms with Crippen molar-refractivity contribution in [3.63, 3.8) is 0 Å². The zero-order valence-electron chi connectivity index (χ0n) is 14.7. The fourth-order valence-corrected chi connectivity index (χ4v) is 2.61. The number of ether oxygens (including phenoxy) is 2. The molecule has 0 spiro atoms. The minimum absolute atomic E-state index is 0.124. The van der Waals surface area contributed by atoms with Gasteiger partial charge in [-0.1, -0.05) is 0 Å². The molecule has 0 aliphatic carbocycles. The highest BCUT2D eigenvalue weighted by Crippen LogP contribution is 2.27. The number of hydrogen-bond donors (Lipinski definition) is 2. The first-order valence-corrected chi connectivity index (χ1v) is 8.01. The highest BCUT2D eigenvalue weighted by atomic mass is 16.6. The van der Waals surface area contributed by atoms with Crippen LogP contribution >= 0.6 is 0 Å². The predicted molar refractivity (Wildman–Crippen MR) is 84.4 cm³/mol. The Morgan fingerprint density at radius 1 is 1.17 bits per heavy atom. The number of aliphatic hydroxyl groups is 1. The van der Waals surface area contributed by atoms with Crippen LogP contribution in [-0.4, -0.2) is 64.5 Å². The van der Waals surface area contributed by atoms with Gasteiger partial charge >= 0.3 is 18.0 Å². The van der Waals surface area contributed by atoms with Crippen LogP contribution in [0.2, 0.25) is 0 Å². The first-order valence-electron chi connectivity index (χ1n) is 8.01. The Morgan fingerprint density at radius 3 is 2.12 bits per heavy atom. The summed E-state index contributed by atoms with van der Waals surface area (Å²) in [6, 6.07) is 0. The van der Waals surface area contributed by atoms with E-state index in [1.165, 1.54) is 0 Å². The van der Waals surface area contributed by atoms with Crippen LogP contribution in [0.15, 0.2) is 0 Å². The molecule has 0 aromatic heterocycles. The molecule has 0 saturated carbocycles. The average molecular weight is 345 g/mol. The van der Waals surface area contributed by atoms with E-state index in [0.717, 1.165) is 7.11 Å². The smallest absolute Gasteiger partial charge is 0.410 e. The summed E-state index contributed by atoms with van der Waals surface area (Å²) in [4.78, 5) is 36.2. The number of carboxylic acids is 1. The van der Waals surface area contributed by atoms with Crippen molar-refractivity contribution in [2.75, 3.05) is 20.2 Å². The van der Waals surface area contributed by atoms with Crippen molar-refractivity contribution < 1.29 is 34.1 Å². The first-order chi connectivity index (χ1) is 11.0. The van der Waals surface area contributed by atoms with E-state index in [0.29, 0.717) is 32.4 Å². The number of piperidine rings is 1. The molecule has 0 aromatic rings. The lowest BCUT2D eigenvalue weighted by molar-refractivity contribution is -0.179. The van der Waals surface area contributed by atoms with Gasteiger partial charge in [-0.15, -0.1) is 0 Å². The van der Waals surface area contributed by atoms with E-state index in [2.05, 4.69) is 4.74 Å².